The van der Waals surface area contributed by atoms with Gasteiger partial charge in [0.25, 0.3) is 0 Å². The number of benzene rings is 2. The lowest BCUT2D eigenvalue weighted by atomic mass is 10.1. The average molecular weight is 382 g/mol. The minimum atomic E-state index is -1.95. The normalized spacial score (nSPS) is 11.6. The van der Waals surface area contributed by atoms with Gasteiger partial charge in [0.1, 0.15) is 11.5 Å². The van der Waals surface area contributed by atoms with Crippen molar-refractivity contribution in [3.8, 4) is 11.5 Å². The Morgan fingerprint density at radius 1 is 0.519 bits per heavy atom. The molecule has 0 amide bonds. The van der Waals surface area contributed by atoms with Crippen LogP contribution in [0.25, 0.3) is 0 Å². The summed E-state index contributed by atoms with van der Waals surface area (Å²) in [6.07, 6.45) is -7.68. The van der Waals surface area contributed by atoms with Gasteiger partial charge in [-0.1, -0.05) is 0 Å². The van der Waals surface area contributed by atoms with Gasteiger partial charge in [-0.25, -0.2) is 0 Å². The minimum Gasteiger partial charge on any atom is -0.529 e. The average Bonchev–Trinajstić information content (AvgIpc) is 2.61. The summed E-state index contributed by atoms with van der Waals surface area (Å²) in [4.78, 5) is 0. The molecule has 0 unspecified atom stereocenters. The molecular formula is C16H19BO10. The molecule has 2 rings (SSSR count). The zero-order valence-corrected chi connectivity index (χ0v) is 13.9. The number of hydrogen-bond acceptors (Lipinski definition) is 10. The molecule has 0 fully saturated rings. The van der Waals surface area contributed by atoms with E-state index < -0.39 is 25.2 Å². The maximum atomic E-state index is 9.29. The van der Waals surface area contributed by atoms with E-state index in [1.54, 1.807) is 0 Å². The fourth-order valence-corrected chi connectivity index (χ4v) is 2.37. The van der Waals surface area contributed by atoms with E-state index in [0.29, 0.717) is 0 Å². The number of aliphatic hydroxyl groups is 8. The lowest BCUT2D eigenvalue weighted by molar-refractivity contribution is -0.0635. The molecule has 146 valence electrons. The third-order valence-electron chi connectivity index (χ3n) is 3.68. The van der Waals surface area contributed by atoms with Crippen molar-refractivity contribution < 1.29 is 50.2 Å². The van der Waals surface area contributed by atoms with Crippen LogP contribution in [-0.2, 0) is 0 Å². The van der Waals surface area contributed by atoms with E-state index in [1.165, 1.54) is 36.4 Å². The highest BCUT2D eigenvalue weighted by molar-refractivity contribution is 6.20. The summed E-state index contributed by atoms with van der Waals surface area (Å²) in [5.74, 6) is 0.291. The van der Waals surface area contributed by atoms with Gasteiger partial charge in [-0.05, 0) is 36.4 Å². The van der Waals surface area contributed by atoms with Crippen molar-refractivity contribution in [2.24, 2.45) is 0 Å². The third kappa shape index (κ3) is 5.38. The van der Waals surface area contributed by atoms with Crippen LogP contribution in [0.2, 0.25) is 0 Å². The molecule has 0 spiro atoms. The van der Waals surface area contributed by atoms with Crippen molar-refractivity contribution in [2.45, 2.75) is 25.2 Å². The topological polar surface area (TPSA) is 180 Å². The smallest absolute Gasteiger partial charge is 0.529 e. The standard InChI is InChI=1S/C16H19BO10/c18-13(19)9-3-1-7(5-11(9)15(22)23)26-17-27-8-2-4-10(14(20)21)12(6-8)16(24)25/h1-6,13-25H. The molecule has 0 aliphatic carbocycles. The molecule has 0 aliphatic rings. The van der Waals surface area contributed by atoms with Crippen molar-refractivity contribution >= 4 is 7.69 Å². The summed E-state index contributed by atoms with van der Waals surface area (Å²) in [6.45, 7) is 0. The van der Waals surface area contributed by atoms with Crippen LogP contribution in [0.15, 0.2) is 36.4 Å². The third-order valence-corrected chi connectivity index (χ3v) is 3.68. The molecule has 0 heterocycles. The zero-order chi connectivity index (χ0) is 20.1. The lowest BCUT2D eigenvalue weighted by Crippen LogP contribution is -2.13. The maximum absolute atomic E-state index is 9.29. The lowest BCUT2D eigenvalue weighted by Gasteiger charge is -2.16. The van der Waals surface area contributed by atoms with Gasteiger partial charge in [-0.15, -0.1) is 0 Å². The Morgan fingerprint density at radius 3 is 1.15 bits per heavy atom. The minimum absolute atomic E-state index is 0.0991. The molecule has 2 aromatic rings. The zero-order valence-electron chi connectivity index (χ0n) is 13.9. The molecule has 0 saturated carbocycles. The van der Waals surface area contributed by atoms with Gasteiger partial charge >= 0.3 is 7.69 Å². The van der Waals surface area contributed by atoms with Gasteiger partial charge in [-0.2, -0.15) is 0 Å². The molecule has 0 saturated heterocycles. The second-order valence-electron chi connectivity index (χ2n) is 5.48. The van der Waals surface area contributed by atoms with E-state index in [0.717, 1.165) is 0 Å². The first kappa shape index (κ1) is 21.1. The van der Waals surface area contributed by atoms with E-state index in [2.05, 4.69) is 0 Å². The van der Waals surface area contributed by atoms with E-state index in [4.69, 9.17) is 9.31 Å². The maximum Gasteiger partial charge on any atom is 0.576 e. The summed E-state index contributed by atoms with van der Waals surface area (Å²) in [5, 5.41) is 73.9. The molecule has 8 N–H and O–H groups in total. The first-order chi connectivity index (χ1) is 12.7. The Labute approximate surface area is 154 Å². The van der Waals surface area contributed by atoms with E-state index in [1.807, 2.05) is 0 Å². The second-order valence-corrected chi connectivity index (χ2v) is 5.48. The predicted octanol–water partition coefficient (Wildman–Crippen LogP) is -1.66. The quantitative estimate of drug-likeness (QED) is 0.195. The van der Waals surface area contributed by atoms with E-state index >= 15 is 0 Å². The first-order valence-electron chi connectivity index (χ1n) is 7.68. The fourth-order valence-electron chi connectivity index (χ4n) is 2.37. The second kappa shape index (κ2) is 9.13. The van der Waals surface area contributed by atoms with Crippen LogP contribution in [0.1, 0.15) is 47.4 Å². The molecular weight excluding hydrogens is 363 g/mol. The largest absolute Gasteiger partial charge is 0.576 e. The van der Waals surface area contributed by atoms with Gasteiger partial charge in [0.2, 0.25) is 0 Å². The Kier molecular flexibility index (Phi) is 7.13. The summed E-state index contributed by atoms with van der Waals surface area (Å²) in [7, 11) is -0.357. The van der Waals surface area contributed by atoms with Gasteiger partial charge < -0.3 is 50.2 Å². The predicted molar refractivity (Wildman–Crippen MR) is 90.0 cm³/mol. The Morgan fingerprint density at radius 2 is 0.852 bits per heavy atom. The summed E-state index contributed by atoms with van der Waals surface area (Å²) in [5.41, 5.74) is -0.514. The van der Waals surface area contributed by atoms with Crippen molar-refractivity contribution in [2.75, 3.05) is 0 Å². The molecule has 11 heteroatoms. The molecule has 0 radical (unpaired) electrons. The van der Waals surface area contributed by atoms with Crippen LogP contribution in [0.4, 0.5) is 0 Å². The molecule has 2 aromatic carbocycles. The van der Waals surface area contributed by atoms with Gasteiger partial charge in [0, 0.05) is 22.3 Å². The number of hydrogen-bond donors (Lipinski definition) is 8. The SMILES string of the molecule is OC(O)c1ccc(OBOc2ccc(C(O)O)c(C(O)O)c2)cc1C(O)O. The molecule has 0 aliphatic heterocycles. The number of aliphatic hydroxyl groups excluding tert-OH is 4. The van der Waals surface area contributed by atoms with Crippen molar-refractivity contribution in [3.05, 3.63) is 58.7 Å². The van der Waals surface area contributed by atoms with Crippen molar-refractivity contribution in [1.82, 2.24) is 0 Å². The van der Waals surface area contributed by atoms with Crippen molar-refractivity contribution in [1.29, 1.82) is 0 Å². The monoisotopic (exact) mass is 382 g/mol. The molecule has 27 heavy (non-hydrogen) atoms. The summed E-state index contributed by atoms with van der Waals surface area (Å²) < 4.78 is 10.6. The van der Waals surface area contributed by atoms with E-state index in [9.17, 15) is 40.9 Å². The van der Waals surface area contributed by atoms with Gasteiger partial charge in [0.15, 0.2) is 25.2 Å². The Hall–Kier alpha value is -2.22. The van der Waals surface area contributed by atoms with Crippen LogP contribution in [0.5, 0.6) is 11.5 Å². The highest BCUT2D eigenvalue weighted by Gasteiger charge is 2.17. The number of rotatable bonds is 8. The highest BCUT2D eigenvalue weighted by atomic mass is 16.6. The van der Waals surface area contributed by atoms with Crippen LogP contribution in [0.3, 0.4) is 0 Å². The molecule has 10 nitrogen and oxygen atoms in total. The summed E-state index contributed by atoms with van der Waals surface area (Å²) >= 11 is 0. The molecule has 0 atom stereocenters. The van der Waals surface area contributed by atoms with Crippen LogP contribution in [0, 0.1) is 0 Å². The molecule has 0 aromatic heterocycles. The van der Waals surface area contributed by atoms with E-state index in [-0.39, 0.29) is 41.4 Å². The van der Waals surface area contributed by atoms with Crippen LogP contribution in [-0.4, -0.2) is 48.5 Å². The molecule has 0 bridgehead atoms. The van der Waals surface area contributed by atoms with Crippen molar-refractivity contribution in [3.63, 3.8) is 0 Å². The van der Waals surface area contributed by atoms with Gasteiger partial charge in [-0.3, -0.25) is 0 Å². The van der Waals surface area contributed by atoms with Gasteiger partial charge in [0.05, 0.1) is 0 Å². The first-order valence-corrected chi connectivity index (χ1v) is 7.68. The highest BCUT2D eigenvalue weighted by Crippen LogP contribution is 2.28. The Balaban J connectivity index is 2.08. The van der Waals surface area contributed by atoms with Crippen LogP contribution < -0.4 is 9.31 Å². The van der Waals surface area contributed by atoms with Crippen LogP contribution >= 0.6 is 0 Å². The fraction of sp³-hybridized carbons (Fsp3) is 0.250. The summed E-state index contributed by atoms with van der Waals surface area (Å²) in [6, 6.07) is 7.59. The Bertz CT molecular complexity index is 699.